The van der Waals surface area contributed by atoms with Gasteiger partial charge in [0, 0.05) is 11.4 Å². The number of anilines is 1. The smallest absolute Gasteiger partial charge is 0.169 e. The third kappa shape index (κ3) is 0.743. The highest BCUT2D eigenvalue weighted by Crippen LogP contribution is 2.41. The van der Waals surface area contributed by atoms with E-state index in [0.29, 0.717) is 0 Å². The quantitative estimate of drug-likeness (QED) is 0.600. The molecule has 2 aliphatic heterocycles. The van der Waals surface area contributed by atoms with Crippen molar-refractivity contribution in [2.75, 3.05) is 11.4 Å². The maximum Gasteiger partial charge on any atom is 0.169 e. The Labute approximate surface area is 75.3 Å². The molecule has 0 N–H and O–H groups in total. The second kappa shape index (κ2) is 2.26. The van der Waals surface area contributed by atoms with Crippen LogP contribution in [0.3, 0.4) is 0 Å². The summed E-state index contributed by atoms with van der Waals surface area (Å²) in [5, 5.41) is 1.12. The maximum absolute atomic E-state index is 4.29. The van der Waals surface area contributed by atoms with Gasteiger partial charge in [0.25, 0.3) is 0 Å². The van der Waals surface area contributed by atoms with E-state index in [4.69, 9.17) is 0 Å². The maximum atomic E-state index is 4.29. The van der Waals surface area contributed by atoms with Crippen LogP contribution in [-0.2, 0) is 0 Å². The fourth-order valence-electron chi connectivity index (χ4n) is 1.50. The fraction of sp³-hybridized carbons (Fsp3) is 0.111. The van der Waals surface area contributed by atoms with E-state index in [9.17, 15) is 0 Å². The van der Waals surface area contributed by atoms with E-state index >= 15 is 0 Å². The summed E-state index contributed by atoms with van der Waals surface area (Å²) in [6.45, 7) is 2.89. The van der Waals surface area contributed by atoms with Crippen molar-refractivity contribution in [1.29, 1.82) is 0 Å². The summed E-state index contributed by atoms with van der Waals surface area (Å²) >= 11 is 1.75. The highest BCUT2D eigenvalue weighted by molar-refractivity contribution is 8.14. The number of amidine groups is 1. The molecule has 12 heavy (non-hydrogen) atoms. The number of hydrogen-bond donors (Lipinski definition) is 0. The van der Waals surface area contributed by atoms with Crippen LogP contribution in [0.25, 0.3) is 0 Å². The molecule has 3 heteroatoms. The molecule has 0 atom stereocenters. The van der Waals surface area contributed by atoms with Crippen molar-refractivity contribution in [1.82, 2.24) is 0 Å². The molecular weight excluding hydrogens is 168 g/mol. The Balaban J connectivity index is 2.17. The first kappa shape index (κ1) is 6.54. The molecule has 0 saturated carbocycles. The van der Waals surface area contributed by atoms with E-state index < -0.39 is 0 Å². The van der Waals surface area contributed by atoms with Gasteiger partial charge in [0.2, 0.25) is 0 Å². The van der Waals surface area contributed by atoms with Gasteiger partial charge in [0.15, 0.2) is 5.17 Å². The van der Waals surface area contributed by atoms with Crippen molar-refractivity contribution >= 4 is 22.6 Å². The van der Waals surface area contributed by atoms with E-state index in [1.54, 1.807) is 11.8 Å². The summed E-state index contributed by atoms with van der Waals surface area (Å²) in [4.78, 5) is 7.85. The van der Waals surface area contributed by atoms with Crippen LogP contribution in [0.4, 0.5) is 5.69 Å². The summed E-state index contributed by atoms with van der Waals surface area (Å²) in [6.07, 6.45) is 0. The molecule has 0 aliphatic carbocycles. The molecule has 3 rings (SSSR count). The van der Waals surface area contributed by atoms with Gasteiger partial charge in [-0.15, -0.1) is 0 Å². The van der Waals surface area contributed by atoms with Gasteiger partial charge < -0.3 is 4.90 Å². The topological polar surface area (TPSA) is 15.6 Å². The molecular formula is C9H7N2S. The number of rotatable bonds is 0. The molecule has 59 valence electrons. The average Bonchev–Trinajstić information content (AvgIpc) is 2.62. The molecule has 2 heterocycles. The van der Waals surface area contributed by atoms with Crippen LogP contribution < -0.4 is 4.90 Å². The van der Waals surface area contributed by atoms with Gasteiger partial charge in [-0.3, -0.25) is 4.99 Å². The standard InChI is InChI=1S/C9H7N2S/c1-2-4-8-7(3-1)11-6-5-10-9(11)12-8/h1-5H,6H2. The van der Waals surface area contributed by atoms with Crippen molar-refractivity contribution < 1.29 is 0 Å². The molecule has 0 bridgehead atoms. The molecule has 1 radical (unpaired) electrons. The molecule has 0 amide bonds. The van der Waals surface area contributed by atoms with Crippen LogP contribution in [-0.4, -0.2) is 11.7 Å². The Morgan fingerprint density at radius 3 is 3.25 bits per heavy atom. The summed E-state index contributed by atoms with van der Waals surface area (Å²) in [6, 6.07) is 8.42. The Hall–Kier alpha value is -0.960. The van der Waals surface area contributed by atoms with E-state index in [0.717, 1.165) is 11.7 Å². The summed E-state index contributed by atoms with van der Waals surface area (Å²) in [5.41, 5.74) is 1.30. The Bertz CT molecular complexity index is 359. The number of benzene rings is 1. The van der Waals surface area contributed by atoms with Gasteiger partial charge >= 0.3 is 0 Å². The minimum atomic E-state index is 0.930. The van der Waals surface area contributed by atoms with Gasteiger partial charge in [-0.05, 0) is 23.9 Å². The molecule has 0 fully saturated rings. The van der Waals surface area contributed by atoms with Crippen molar-refractivity contribution in [2.24, 2.45) is 4.99 Å². The van der Waals surface area contributed by atoms with Crippen molar-refractivity contribution in [3.8, 4) is 0 Å². The molecule has 2 aliphatic rings. The summed E-state index contributed by atoms with van der Waals surface area (Å²) < 4.78 is 0. The Kier molecular flexibility index (Phi) is 1.23. The van der Waals surface area contributed by atoms with Crippen molar-refractivity contribution in [3.05, 3.63) is 30.8 Å². The first-order valence-electron chi connectivity index (χ1n) is 3.89. The second-order valence-electron chi connectivity index (χ2n) is 2.77. The van der Waals surface area contributed by atoms with Crippen LogP contribution in [0, 0.1) is 6.54 Å². The minimum absolute atomic E-state index is 0.930. The molecule has 0 saturated heterocycles. The van der Waals surface area contributed by atoms with Crippen LogP contribution in [0.5, 0.6) is 0 Å². The zero-order valence-corrected chi connectivity index (χ0v) is 7.21. The van der Waals surface area contributed by atoms with E-state index in [1.165, 1.54) is 10.6 Å². The van der Waals surface area contributed by atoms with Gasteiger partial charge in [-0.2, -0.15) is 0 Å². The number of nitrogens with zero attached hydrogens (tertiary/aromatic N) is 2. The molecule has 1 aromatic carbocycles. The lowest BCUT2D eigenvalue weighted by atomic mass is 10.3. The molecule has 2 nitrogen and oxygen atoms in total. The summed E-state index contributed by atoms with van der Waals surface area (Å²) in [5.74, 6) is 0. The van der Waals surface area contributed by atoms with E-state index in [2.05, 4.69) is 34.2 Å². The Morgan fingerprint density at radius 1 is 1.33 bits per heavy atom. The van der Waals surface area contributed by atoms with Crippen LogP contribution in [0.1, 0.15) is 0 Å². The number of aliphatic imine (C=N–C) groups is 1. The Morgan fingerprint density at radius 2 is 2.25 bits per heavy atom. The minimum Gasteiger partial charge on any atom is -0.318 e. The monoisotopic (exact) mass is 175 g/mol. The van der Waals surface area contributed by atoms with E-state index in [1.807, 2.05) is 6.54 Å². The third-order valence-electron chi connectivity index (χ3n) is 2.05. The van der Waals surface area contributed by atoms with Gasteiger partial charge in [-0.25, -0.2) is 0 Å². The number of hydrogen-bond acceptors (Lipinski definition) is 3. The van der Waals surface area contributed by atoms with Gasteiger partial charge in [0.1, 0.15) is 0 Å². The van der Waals surface area contributed by atoms with Crippen molar-refractivity contribution in [2.45, 2.75) is 4.90 Å². The lowest BCUT2D eigenvalue weighted by Gasteiger charge is -2.10. The normalized spacial score (nSPS) is 19.0. The predicted molar refractivity (Wildman–Crippen MR) is 51.4 cm³/mol. The first-order valence-corrected chi connectivity index (χ1v) is 4.71. The zero-order valence-electron chi connectivity index (χ0n) is 6.40. The lowest BCUT2D eigenvalue weighted by molar-refractivity contribution is 1.11. The van der Waals surface area contributed by atoms with Gasteiger partial charge in [-0.1, -0.05) is 12.1 Å². The largest absolute Gasteiger partial charge is 0.318 e. The second-order valence-corrected chi connectivity index (χ2v) is 3.78. The highest BCUT2D eigenvalue weighted by Gasteiger charge is 2.28. The zero-order chi connectivity index (χ0) is 7.97. The van der Waals surface area contributed by atoms with Crippen LogP contribution in [0.15, 0.2) is 34.2 Å². The third-order valence-corrected chi connectivity index (χ3v) is 3.13. The van der Waals surface area contributed by atoms with Crippen LogP contribution in [0.2, 0.25) is 0 Å². The predicted octanol–water partition coefficient (Wildman–Crippen LogP) is 2.13. The first-order chi connectivity index (χ1) is 5.95. The molecule has 0 unspecified atom stereocenters. The molecule has 0 spiro atoms. The summed E-state index contributed by atoms with van der Waals surface area (Å²) in [7, 11) is 0. The number of para-hydroxylation sites is 1. The van der Waals surface area contributed by atoms with Gasteiger partial charge in [0.05, 0.1) is 12.2 Å². The fourth-order valence-corrected chi connectivity index (χ4v) is 2.53. The average molecular weight is 175 g/mol. The highest BCUT2D eigenvalue weighted by atomic mass is 32.2. The molecule has 0 aromatic heterocycles. The SMILES string of the molecule is [CH]1CN2C(=N1)Sc1ccccc12. The number of fused-ring (bicyclic) bond motifs is 3. The number of thioether (sulfide) groups is 1. The lowest BCUT2D eigenvalue weighted by Crippen LogP contribution is -2.19. The van der Waals surface area contributed by atoms with E-state index in [-0.39, 0.29) is 0 Å². The molecule has 1 aromatic rings. The van der Waals surface area contributed by atoms with Crippen molar-refractivity contribution in [3.63, 3.8) is 0 Å². The van der Waals surface area contributed by atoms with Crippen LogP contribution >= 0.6 is 11.8 Å².